The standard InChI is InChI=1S/C15H12N6S/c1-10-13(21-8-3-2-5-12(21)18-10)11-9-22-15(19-11)20-14-16-6-4-7-17-14/h2-9H,1H3,(H,16,17,19,20). The highest BCUT2D eigenvalue weighted by molar-refractivity contribution is 7.14. The largest absolute Gasteiger partial charge is 0.300 e. The zero-order chi connectivity index (χ0) is 14.9. The molecule has 6 nitrogen and oxygen atoms in total. The van der Waals surface area contributed by atoms with Gasteiger partial charge in [-0.15, -0.1) is 11.3 Å². The third kappa shape index (κ3) is 2.21. The summed E-state index contributed by atoms with van der Waals surface area (Å²) in [5.74, 6) is 0.540. The van der Waals surface area contributed by atoms with Gasteiger partial charge in [-0.1, -0.05) is 6.07 Å². The molecule has 0 atom stereocenters. The molecular formula is C15H12N6S. The Bertz CT molecular complexity index is 928. The molecule has 0 saturated carbocycles. The number of pyridine rings is 1. The van der Waals surface area contributed by atoms with Crippen molar-refractivity contribution in [1.29, 1.82) is 0 Å². The summed E-state index contributed by atoms with van der Waals surface area (Å²) in [5.41, 5.74) is 3.77. The number of nitrogens with one attached hydrogen (secondary N) is 1. The average Bonchev–Trinajstić information content (AvgIpc) is 3.11. The lowest BCUT2D eigenvalue weighted by Crippen LogP contribution is -1.95. The van der Waals surface area contributed by atoms with E-state index < -0.39 is 0 Å². The lowest BCUT2D eigenvalue weighted by atomic mass is 10.3. The molecule has 4 rings (SSSR count). The van der Waals surface area contributed by atoms with Crippen molar-refractivity contribution >= 4 is 28.1 Å². The topological polar surface area (TPSA) is 68.0 Å². The SMILES string of the molecule is Cc1nc2ccccn2c1-c1csc(Nc2ncccn2)n1. The molecule has 4 heterocycles. The second-order valence-corrected chi connectivity index (χ2v) is 5.57. The molecule has 0 aliphatic heterocycles. The maximum Gasteiger partial charge on any atom is 0.228 e. The Hall–Kier alpha value is -2.80. The molecule has 0 bridgehead atoms. The number of rotatable bonds is 3. The van der Waals surface area contributed by atoms with Crippen LogP contribution >= 0.6 is 11.3 Å². The number of hydrogen-bond donors (Lipinski definition) is 1. The summed E-state index contributed by atoms with van der Waals surface area (Å²) in [5, 5.41) is 5.87. The van der Waals surface area contributed by atoms with Crippen LogP contribution in [-0.4, -0.2) is 24.3 Å². The van der Waals surface area contributed by atoms with Crippen LogP contribution in [0, 0.1) is 6.92 Å². The summed E-state index contributed by atoms with van der Waals surface area (Å²) in [6.07, 6.45) is 5.38. The van der Waals surface area contributed by atoms with Crippen molar-refractivity contribution < 1.29 is 0 Å². The minimum Gasteiger partial charge on any atom is -0.300 e. The number of imidazole rings is 1. The van der Waals surface area contributed by atoms with Gasteiger partial charge in [0, 0.05) is 24.0 Å². The van der Waals surface area contributed by atoms with Crippen molar-refractivity contribution in [3.05, 3.63) is 53.9 Å². The molecule has 108 valence electrons. The monoisotopic (exact) mass is 308 g/mol. The van der Waals surface area contributed by atoms with Crippen LogP contribution in [-0.2, 0) is 0 Å². The minimum atomic E-state index is 0.540. The predicted octanol–water partition coefficient (Wildman–Crippen LogP) is 3.30. The number of nitrogens with zero attached hydrogens (tertiary/aromatic N) is 5. The fourth-order valence-corrected chi connectivity index (χ4v) is 3.01. The summed E-state index contributed by atoms with van der Waals surface area (Å²) < 4.78 is 2.05. The Morgan fingerprint density at radius 3 is 2.82 bits per heavy atom. The summed E-state index contributed by atoms with van der Waals surface area (Å²) in [7, 11) is 0. The van der Waals surface area contributed by atoms with Gasteiger partial charge in [0.1, 0.15) is 11.3 Å². The molecule has 0 spiro atoms. The number of hydrogen-bond acceptors (Lipinski definition) is 6. The van der Waals surface area contributed by atoms with Crippen LogP contribution in [0.3, 0.4) is 0 Å². The van der Waals surface area contributed by atoms with Crippen molar-refractivity contribution in [2.45, 2.75) is 6.92 Å². The number of anilines is 2. The van der Waals surface area contributed by atoms with Crippen LogP contribution in [0.2, 0.25) is 0 Å². The Labute approximate surface area is 130 Å². The molecule has 0 saturated heterocycles. The second-order valence-electron chi connectivity index (χ2n) is 4.71. The van der Waals surface area contributed by atoms with Gasteiger partial charge in [-0.25, -0.2) is 19.9 Å². The zero-order valence-corrected chi connectivity index (χ0v) is 12.6. The maximum atomic E-state index is 4.63. The highest BCUT2D eigenvalue weighted by Gasteiger charge is 2.14. The normalized spacial score (nSPS) is 11.0. The van der Waals surface area contributed by atoms with Gasteiger partial charge in [0.2, 0.25) is 5.95 Å². The molecule has 0 aliphatic carbocycles. The van der Waals surface area contributed by atoms with Gasteiger partial charge in [0.15, 0.2) is 5.13 Å². The van der Waals surface area contributed by atoms with Crippen LogP contribution in [0.15, 0.2) is 48.2 Å². The fraction of sp³-hybridized carbons (Fsp3) is 0.0667. The van der Waals surface area contributed by atoms with Gasteiger partial charge < -0.3 is 5.32 Å². The van der Waals surface area contributed by atoms with E-state index in [1.54, 1.807) is 18.5 Å². The van der Waals surface area contributed by atoms with E-state index in [0.717, 1.165) is 27.9 Å². The maximum absolute atomic E-state index is 4.63. The zero-order valence-electron chi connectivity index (χ0n) is 11.8. The first kappa shape index (κ1) is 12.9. The van der Waals surface area contributed by atoms with E-state index in [0.29, 0.717) is 5.95 Å². The lowest BCUT2D eigenvalue weighted by Gasteiger charge is -2.00. The molecule has 7 heteroatoms. The van der Waals surface area contributed by atoms with Gasteiger partial charge in [0.25, 0.3) is 0 Å². The number of fused-ring (bicyclic) bond motifs is 1. The molecule has 4 aromatic heterocycles. The third-order valence-electron chi connectivity index (χ3n) is 3.24. The van der Waals surface area contributed by atoms with Crippen molar-refractivity contribution in [2.75, 3.05) is 5.32 Å². The highest BCUT2D eigenvalue weighted by Crippen LogP contribution is 2.29. The first-order valence-electron chi connectivity index (χ1n) is 6.75. The number of aromatic nitrogens is 5. The predicted molar refractivity (Wildman–Crippen MR) is 86.4 cm³/mol. The first-order chi connectivity index (χ1) is 10.8. The van der Waals surface area contributed by atoms with E-state index in [2.05, 4.69) is 25.3 Å². The van der Waals surface area contributed by atoms with Crippen LogP contribution in [0.25, 0.3) is 17.0 Å². The Balaban J connectivity index is 1.73. The van der Waals surface area contributed by atoms with Gasteiger partial charge in [-0.3, -0.25) is 4.40 Å². The quantitative estimate of drug-likeness (QED) is 0.629. The Morgan fingerprint density at radius 1 is 1.09 bits per heavy atom. The molecule has 0 radical (unpaired) electrons. The van der Waals surface area contributed by atoms with Crippen molar-refractivity contribution in [2.24, 2.45) is 0 Å². The third-order valence-corrected chi connectivity index (χ3v) is 3.99. The first-order valence-corrected chi connectivity index (χ1v) is 7.63. The number of thiazole rings is 1. The highest BCUT2D eigenvalue weighted by atomic mass is 32.1. The van der Waals surface area contributed by atoms with Crippen molar-refractivity contribution in [1.82, 2.24) is 24.3 Å². The number of aryl methyl sites for hydroxylation is 1. The molecular weight excluding hydrogens is 296 g/mol. The lowest BCUT2D eigenvalue weighted by molar-refractivity contribution is 1.15. The Morgan fingerprint density at radius 2 is 1.95 bits per heavy atom. The second kappa shape index (κ2) is 5.19. The van der Waals surface area contributed by atoms with Crippen LogP contribution in [0.4, 0.5) is 11.1 Å². The van der Waals surface area contributed by atoms with Gasteiger partial charge >= 0.3 is 0 Å². The molecule has 0 aliphatic rings. The van der Waals surface area contributed by atoms with E-state index in [4.69, 9.17) is 0 Å². The molecule has 22 heavy (non-hydrogen) atoms. The Kier molecular flexibility index (Phi) is 3.05. The minimum absolute atomic E-state index is 0.540. The van der Waals surface area contributed by atoms with E-state index in [-0.39, 0.29) is 0 Å². The van der Waals surface area contributed by atoms with Gasteiger partial charge in [0.05, 0.1) is 11.4 Å². The fourth-order valence-electron chi connectivity index (χ4n) is 2.32. The summed E-state index contributed by atoms with van der Waals surface area (Å²) in [6.45, 7) is 2.00. The average molecular weight is 308 g/mol. The van der Waals surface area contributed by atoms with Crippen LogP contribution < -0.4 is 5.32 Å². The molecule has 0 amide bonds. The van der Waals surface area contributed by atoms with E-state index in [9.17, 15) is 0 Å². The molecule has 4 aromatic rings. The molecule has 1 N–H and O–H groups in total. The van der Waals surface area contributed by atoms with E-state index in [1.807, 2.05) is 41.1 Å². The van der Waals surface area contributed by atoms with E-state index >= 15 is 0 Å². The molecule has 0 aromatic carbocycles. The summed E-state index contributed by atoms with van der Waals surface area (Å²) in [4.78, 5) is 17.5. The van der Waals surface area contributed by atoms with Crippen molar-refractivity contribution in [3.63, 3.8) is 0 Å². The summed E-state index contributed by atoms with van der Waals surface area (Å²) >= 11 is 1.52. The van der Waals surface area contributed by atoms with Crippen molar-refractivity contribution in [3.8, 4) is 11.4 Å². The summed E-state index contributed by atoms with van der Waals surface area (Å²) in [6, 6.07) is 7.73. The van der Waals surface area contributed by atoms with Crippen LogP contribution in [0.5, 0.6) is 0 Å². The van der Waals surface area contributed by atoms with Crippen LogP contribution in [0.1, 0.15) is 5.69 Å². The van der Waals surface area contributed by atoms with E-state index in [1.165, 1.54) is 11.3 Å². The smallest absolute Gasteiger partial charge is 0.228 e. The van der Waals surface area contributed by atoms with Gasteiger partial charge in [-0.2, -0.15) is 0 Å². The van der Waals surface area contributed by atoms with Gasteiger partial charge in [-0.05, 0) is 25.1 Å². The molecule has 0 fully saturated rings. The molecule has 0 unspecified atom stereocenters.